The lowest BCUT2D eigenvalue weighted by Crippen LogP contribution is -2.45. The van der Waals surface area contributed by atoms with Crippen LogP contribution in [0.25, 0.3) is 0 Å². The van der Waals surface area contributed by atoms with Crippen LogP contribution in [0.4, 0.5) is 0 Å². The fourth-order valence-electron chi connectivity index (χ4n) is 3.50. The summed E-state index contributed by atoms with van der Waals surface area (Å²) in [7, 11) is 2.12. The number of likely N-dealkylation sites (tertiary alicyclic amines) is 1. The fourth-order valence-corrected chi connectivity index (χ4v) is 3.50. The van der Waals surface area contributed by atoms with Gasteiger partial charge in [-0.3, -0.25) is 4.90 Å². The molecule has 1 N–H and O–H groups in total. The second kappa shape index (κ2) is 5.31. The summed E-state index contributed by atoms with van der Waals surface area (Å²) in [5, 5.41) is 3.46. The molecule has 3 atom stereocenters. The van der Waals surface area contributed by atoms with Crippen molar-refractivity contribution in [3.05, 3.63) is 0 Å². The molecule has 0 aromatic heterocycles. The topological polar surface area (TPSA) is 15.3 Å². The number of nitrogens with zero attached hydrogens (tertiary/aromatic N) is 1. The van der Waals surface area contributed by atoms with Crippen LogP contribution in [0.15, 0.2) is 0 Å². The van der Waals surface area contributed by atoms with Crippen molar-refractivity contribution in [1.82, 2.24) is 10.2 Å². The van der Waals surface area contributed by atoms with Crippen LogP contribution in [0.3, 0.4) is 0 Å². The first-order valence-electron chi connectivity index (χ1n) is 6.78. The largest absolute Gasteiger partial charge is 0.317 e. The van der Waals surface area contributed by atoms with Crippen LogP contribution in [0.5, 0.6) is 0 Å². The van der Waals surface area contributed by atoms with E-state index in [4.69, 9.17) is 0 Å². The van der Waals surface area contributed by atoms with E-state index in [1.807, 2.05) is 0 Å². The summed E-state index contributed by atoms with van der Waals surface area (Å²) in [6.45, 7) is 3.71. The van der Waals surface area contributed by atoms with Crippen molar-refractivity contribution in [2.75, 3.05) is 13.6 Å². The Bertz CT molecular complexity index is 193. The molecule has 1 aliphatic carbocycles. The lowest BCUT2D eigenvalue weighted by Gasteiger charge is -2.38. The Kier molecular flexibility index (Phi) is 4.04. The number of nitrogens with one attached hydrogen (secondary N) is 1. The predicted molar refractivity (Wildman–Crippen MR) is 65.1 cm³/mol. The zero-order valence-electron chi connectivity index (χ0n) is 10.3. The van der Waals surface area contributed by atoms with Gasteiger partial charge in [-0.25, -0.2) is 0 Å². The average molecular weight is 210 g/mol. The lowest BCUT2D eigenvalue weighted by atomic mass is 9.89. The van der Waals surface area contributed by atoms with Crippen molar-refractivity contribution in [3.63, 3.8) is 0 Å². The molecule has 1 aliphatic heterocycles. The molecule has 0 amide bonds. The van der Waals surface area contributed by atoms with E-state index in [2.05, 4.69) is 24.2 Å². The van der Waals surface area contributed by atoms with Crippen LogP contribution in [0.2, 0.25) is 0 Å². The van der Waals surface area contributed by atoms with Crippen LogP contribution in [0, 0.1) is 0 Å². The SMILES string of the molecule is CCC1CCCN1C1CCCC(NC)C1. The molecular formula is C13H26N2. The summed E-state index contributed by atoms with van der Waals surface area (Å²) in [4.78, 5) is 2.81. The van der Waals surface area contributed by atoms with E-state index in [0.29, 0.717) is 0 Å². The maximum absolute atomic E-state index is 3.46. The third kappa shape index (κ3) is 2.54. The molecule has 1 heterocycles. The van der Waals surface area contributed by atoms with Gasteiger partial charge in [0.2, 0.25) is 0 Å². The van der Waals surface area contributed by atoms with Crippen LogP contribution in [-0.4, -0.2) is 36.6 Å². The van der Waals surface area contributed by atoms with Crippen LogP contribution < -0.4 is 5.32 Å². The first-order chi connectivity index (χ1) is 7.35. The third-order valence-electron chi connectivity index (χ3n) is 4.42. The van der Waals surface area contributed by atoms with Gasteiger partial charge in [0.05, 0.1) is 0 Å². The Morgan fingerprint density at radius 2 is 2.07 bits per heavy atom. The van der Waals surface area contributed by atoms with E-state index < -0.39 is 0 Å². The maximum Gasteiger partial charge on any atom is 0.0113 e. The molecule has 0 bridgehead atoms. The molecule has 0 spiro atoms. The minimum absolute atomic E-state index is 0.779. The Labute approximate surface area is 94.4 Å². The Morgan fingerprint density at radius 3 is 2.80 bits per heavy atom. The Morgan fingerprint density at radius 1 is 1.20 bits per heavy atom. The van der Waals surface area contributed by atoms with Crippen molar-refractivity contribution in [1.29, 1.82) is 0 Å². The minimum atomic E-state index is 0.779. The fraction of sp³-hybridized carbons (Fsp3) is 1.00. The van der Waals surface area contributed by atoms with Crippen molar-refractivity contribution < 1.29 is 0 Å². The molecule has 2 nitrogen and oxygen atoms in total. The van der Waals surface area contributed by atoms with E-state index in [0.717, 1.165) is 18.1 Å². The first kappa shape index (κ1) is 11.4. The highest BCUT2D eigenvalue weighted by Crippen LogP contribution is 2.30. The summed E-state index contributed by atoms with van der Waals surface area (Å²) < 4.78 is 0. The van der Waals surface area contributed by atoms with Gasteiger partial charge in [-0.05, 0) is 52.1 Å². The zero-order valence-corrected chi connectivity index (χ0v) is 10.3. The van der Waals surface area contributed by atoms with Gasteiger partial charge in [0.25, 0.3) is 0 Å². The quantitative estimate of drug-likeness (QED) is 0.769. The molecule has 2 rings (SSSR count). The van der Waals surface area contributed by atoms with Crippen LogP contribution in [-0.2, 0) is 0 Å². The van der Waals surface area contributed by atoms with E-state index in [9.17, 15) is 0 Å². The van der Waals surface area contributed by atoms with Crippen molar-refractivity contribution in [2.24, 2.45) is 0 Å². The summed E-state index contributed by atoms with van der Waals surface area (Å²) in [5.74, 6) is 0. The van der Waals surface area contributed by atoms with Crippen molar-refractivity contribution in [2.45, 2.75) is 70.0 Å². The normalized spacial score (nSPS) is 38.4. The lowest BCUT2D eigenvalue weighted by molar-refractivity contribution is 0.126. The summed E-state index contributed by atoms with van der Waals surface area (Å²) in [6.07, 6.45) is 9.85. The van der Waals surface area contributed by atoms with E-state index >= 15 is 0 Å². The maximum atomic E-state index is 3.46. The number of rotatable bonds is 3. The summed E-state index contributed by atoms with van der Waals surface area (Å²) >= 11 is 0. The van der Waals surface area contributed by atoms with Gasteiger partial charge >= 0.3 is 0 Å². The molecule has 0 aromatic carbocycles. The van der Waals surface area contributed by atoms with Gasteiger partial charge in [0.1, 0.15) is 0 Å². The standard InChI is InChI=1S/C13H26N2/c1-3-12-8-5-9-15(12)13-7-4-6-11(10-13)14-2/h11-14H,3-10H2,1-2H3. The number of hydrogen-bond donors (Lipinski definition) is 1. The van der Waals surface area contributed by atoms with Crippen LogP contribution >= 0.6 is 0 Å². The second-order valence-electron chi connectivity index (χ2n) is 5.25. The molecule has 2 heteroatoms. The highest BCUT2D eigenvalue weighted by Gasteiger charge is 2.32. The van der Waals surface area contributed by atoms with Gasteiger partial charge in [-0.1, -0.05) is 13.3 Å². The van der Waals surface area contributed by atoms with Gasteiger partial charge < -0.3 is 5.32 Å². The monoisotopic (exact) mass is 210 g/mol. The molecular weight excluding hydrogens is 184 g/mol. The molecule has 3 unspecified atom stereocenters. The minimum Gasteiger partial charge on any atom is -0.317 e. The highest BCUT2D eigenvalue weighted by atomic mass is 15.2. The van der Waals surface area contributed by atoms with Gasteiger partial charge in [0.15, 0.2) is 0 Å². The predicted octanol–water partition coefficient (Wildman–Crippen LogP) is 2.39. The molecule has 2 aliphatic rings. The van der Waals surface area contributed by atoms with Crippen LogP contribution in [0.1, 0.15) is 51.9 Å². The van der Waals surface area contributed by atoms with E-state index in [-0.39, 0.29) is 0 Å². The molecule has 88 valence electrons. The van der Waals surface area contributed by atoms with Crippen molar-refractivity contribution in [3.8, 4) is 0 Å². The van der Waals surface area contributed by atoms with E-state index in [1.54, 1.807) is 0 Å². The van der Waals surface area contributed by atoms with E-state index in [1.165, 1.54) is 51.5 Å². The smallest absolute Gasteiger partial charge is 0.0113 e. The molecule has 1 saturated carbocycles. The molecule has 0 radical (unpaired) electrons. The Balaban J connectivity index is 1.91. The number of hydrogen-bond acceptors (Lipinski definition) is 2. The molecule has 1 saturated heterocycles. The molecule has 2 fully saturated rings. The van der Waals surface area contributed by atoms with Crippen molar-refractivity contribution >= 4 is 0 Å². The highest BCUT2D eigenvalue weighted by molar-refractivity contribution is 4.89. The van der Waals surface area contributed by atoms with Gasteiger partial charge in [-0.15, -0.1) is 0 Å². The summed E-state index contributed by atoms with van der Waals surface area (Å²) in [5.41, 5.74) is 0. The summed E-state index contributed by atoms with van der Waals surface area (Å²) in [6, 6.07) is 2.55. The average Bonchev–Trinajstić information content (AvgIpc) is 2.77. The Hall–Kier alpha value is -0.0800. The molecule has 15 heavy (non-hydrogen) atoms. The van der Waals surface area contributed by atoms with Gasteiger partial charge in [0, 0.05) is 18.1 Å². The zero-order chi connectivity index (χ0) is 10.7. The van der Waals surface area contributed by atoms with Gasteiger partial charge in [-0.2, -0.15) is 0 Å². The molecule has 0 aromatic rings. The first-order valence-corrected chi connectivity index (χ1v) is 6.78. The second-order valence-corrected chi connectivity index (χ2v) is 5.25. The third-order valence-corrected chi connectivity index (χ3v) is 4.42.